The van der Waals surface area contributed by atoms with Crippen LogP contribution in [0.25, 0.3) is 0 Å². The molecule has 0 unspecified atom stereocenters. The van der Waals surface area contributed by atoms with Gasteiger partial charge in [0.2, 0.25) is 0 Å². The number of carbonyl (C=O) groups excluding carboxylic acids is 1. The quantitative estimate of drug-likeness (QED) is 0.475. The zero-order chi connectivity index (χ0) is 12.8. The summed E-state index contributed by atoms with van der Waals surface area (Å²) in [5.41, 5.74) is 7.67. The van der Waals surface area contributed by atoms with Crippen molar-refractivity contribution in [1.29, 1.82) is 0 Å². The van der Waals surface area contributed by atoms with Crippen molar-refractivity contribution in [2.45, 2.75) is 12.7 Å². The highest BCUT2D eigenvalue weighted by Gasteiger charge is 2.12. The van der Waals surface area contributed by atoms with E-state index in [1.54, 1.807) is 32.4 Å². The van der Waals surface area contributed by atoms with Crippen molar-refractivity contribution >= 4 is 11.7 Å². The van der Waals surface area contributed by atoms with Crippen molar-refractivity contribution in [2.24, 2.45) is 0 Å². The van der Waals surface area contributed by atoms with Crippen LogP contribution in [0.2, 0.25) is 0 Å². The zero-order valence-electron chi connectivity index (χ0n) is 10.2. The van der Waals surface area contributed by atoms with E-state index in [1.165, 1.54) is 7.11 Å². The van der Waals surface area contributed by atoms with E-state index < -0.39 is 5.97 Å². The summed E-state index contributed by atoms with van der Waals surface area (Å²) >= 11 is 0. The Hall–Kier alpha value is -1.59. The fourth-order valence-corrected chi connectivity index (χ4v) is 1.47. The van der Waals surface area contributed by atoms with Crippen LogP contribution in [0.5, 0.6) is 0 Å². The minimum atomic E-state index is -0.391. The number of carbonyl (C=O) groups is 1. The number of nitrogen functional groups attached to an aromatic ring is 1. The molecule has 5 nitrogen and oxygen atoms in total. The molecule has 1 rings (SSSR count). The van der Waals surface area contributed by atoms with Crippen LogP contribution in [0.3, 0.4) is 0 Å². The van der Waals surface area contributed by atoms with Gasteiger partial charge in [-0.25, -0.2) is 4.79 Å². The molecule has 17 heavy (non-hydrogen) atoms. The molecule has 0 atom stereocenters. The molecule has 0 fully saturated rings. The lowest BCUT2D eigenvalue weighted by Crippen LogP contribution is -2.17. The number of benzene rings is 1. The lowest BCUT2D eigenvalue weighted by Gasteiger charge is -2.15. The Morgan fingerprint density at radius 2 is 1.94 bits per heavy atom. The molecular weight excluding hydrogens is 222 g/mol. The molecule has 5 heteroatoms. The van der Waals surface area contributed by atoms with Crippen molar-refractivity contribution in [3.8, 4) is 0 Å². The first-order chi connectivity index (χ1) is 8.12. The number of rotatable bonds is 5. The smallest absolute Gasteiger partial charge is 0.337 e. The Kier molecular flexibility index (Phi) is 4.93. The molecule has 0 saturated heterocycles. The normalized spacial score (nSPS) is 10.6. The third-order valence-electron chi connectivity index (χ3n) is 2.48. The van der Waals surface area contributed by atoms with Gasteiger partial charge in [-0.15, -0.1) is 0 Å². The van der Waals surface area contributed by atoms with Crippen LogP contribution in [-0.4, -0.2) is 33.6 Å². The highest BCUT2D eigenvalue weighted by Crippen LogP contribution is 2.17. The Morgan fingerprint density at radius 3 is 2.47 bits per heavy atom. The van der Waals surface area contributed by atoms with Crippen LogP contribution >= 0.6 is 0 Å². The maximum absolute atomic E-state index is 11.4. The van der Waals surface area contributed by atoms with Gasteiger partial charge in [0, 0.05) is 26.3 Å². The number of nitrogens with two attached hydrogens (primary N) is 1. The largest absolute Gasteiger partial charge is 0.465 e. The number of ether oxygens (including phenoxy) is 3. The van der Waals surface area contributed by atoms with Gasteiger partial charge in [0.05, 0.1) is 12.7 Å². The zero-order valence-corrected chi connectivity index (χ0v) is 10.2. The lowest BCUT2D eigenvalue weighted by atomic mass is 10.1. The highest BCUT2D eigenvalue weighted by molar-refractivity contribution is 5.90. The van der Waals surface area contributed by atoms with Crippen molar-refractivity contribution in [2.75, 3.05) is 27.1 Å². The van der Waals surface area contributed by atoms with Gasteiger partial charge in [0.1, 0.15) is 0 Å². The van der Waals surface area contributed by atoms with Gasteiger partial charge < -0.3 is 19.9 Å². The van der Waals surface area contributed by atoms with Crippen molar-refractivity contribution in [3.63, 3.8) is 0 Å². The Labute approximate surface area is 100 Å². The molecule has 0 spiro atoms. The van der Waals surface area contributed by atoms with Crippen LogP contribution in [0.15, 0.2) is 18.2 Å². The Morgan fingerprint density at radius 1 is 1.29 bits per heavy atom. The second kappa shape index (κ2) is 6.22. The molecule has 0 aromatic heterocycles. The molecule has 0 amide bonds. The summed E-state index contributed by atoms with van der Waals surface area (Å²) in [7, 11) is 4.44. The van der Waals surface area contributed by atoms with Gasteiger partial charge >= 0.3 is 5.97 Å². The number of methoxy groups -OCH3 is 3. The van der Waals surface area contributed by atoms with E-state index in [2.05, 4.69) is 4.74 Å². The predicted octanol–water partition coefficient (Wildman–Crippen LogP) is 1.22. The second-order valence-corrected chi connectivity index (χ2v) is 3.51. The molecule has 94 valence electrons. The number of esters is 1. The van der Waals surface area contributed by atoms with Crippen molar-refractivity contribution in [3.05, 3.63) is 29.3 Å². The fraction of sp³-hybridized carbons (Fsp3) is 0.417. The lowest BCUT2D eigenvalue weighted by molar-refractivity contribution is -0.100. The third-order valence-corrected chi connectivity index (χ3v) is 2.48. The van der Waals surface area contributed by atoms with Gasteiger partial charge in [-0.05, 0) is 23.8 Å². The van der Waals surface area contributed by atoms with E-state index in [0.29, 0.717) is 17.7 Å². The van der Waals surface area contributed by atoms with Crippen LogP contribution in [0, 0.1) is 0 Å². The third kappa shape index (κ3) is 3.44. The molecule has 1 aromatic carbocycles. The standard InChI is InChI=1S/C12H17NO4/c1-15-11(16-2)7-9-6-8(12(14)17-3)4-5-10(9)13/h4-6,11H,7,13H2,1-3H3. The summed E-state index contributed by atoms with van der Waals surface area (Å²) in [6.45, 7) is 0. The Bertz CT molecular complexity index is 388. The molecule has 0 aliphatic rings. The monoisotopic (exact) mass is 239 g/mol. The van der Waals surface area contributed by atoms with E-state index in [4.69, 9.17) is 15.2 Å². The Balaban J connectivity index is 2.94. The average molecular weight is 239 g/mol. The molecule has 0 heterocycles. The minimum Gasteiger partial charge on any atom is -0.465 e. The summed E-state index contributed by atoms with van der Waals surface area (Å²) in [6.07, 6.45) is 0.0918. The van der Waals surface area contributed by atoms with Crippen LogP contribution in [-0.2, 0) is 20.6 Å². The van der Waals surface area contributed by atoms with Crippen LogP contribution in [0.1, 0.15) is 15.9 Å². The van der Waals surface area contributed by atoms with Crippen LogP contribution < -0.4 is 5.73 Å². The van der Waals surface area contributed by atoms with E-state index in [9.17, 15) is 4.79 Å². The fourth-order valence-electron chi connectivity index (χ4n) is 1.47. The molecular formula is C12H17NO4. The molecule has 0 aliphatic heterocycles. The number of anilines is 1. The number of hydrogen-bond donors (Lipinski definition) is 1. The van der Waals surface area contributed by atoms with Crippen molar-refractivity contribution in [1.82, 2.24) is 0 Å². The average Bonchev–Trinajstić information content (AvgIpc) is 2.36. The summed E-state index contributed by atoms with van der Waals surface area (Å²) in [6, 6.07) is 4.98. The predicted molar refractivity (Wildman–Crippen MR) is 63.7 cm³/mol. The van der Waals surface area contributed by atoms with E-state index in [-0.39, 0.29) is 6.29 Å². The topological polar surface area (TPSA) is 70.8 Å². The maximum Gasteiger partial charge on any atom is 0.337 e. The van der Waals surface area contributed by atoms with Crippen molar-refractivity contribution < 1.29 is 19.0 Å². The highest BCUT2D eigenvalue weighted by atomic mass is 16.7. The first-order valence-corrected chi connectivity index (χ1v) is 5.14. The SMILES string of the molecule is COC(=O)c1ccc(N)c(CC(OC)OC)c1. The molecule has 0 radical (unpaired) electrons. The molecule has 0 bridgehead atoms. The van der Waals surface area contributed by atoms with Gasteiger partial charge in [-0.3, -0.25) is 0 Å². The second-order valence-electron chi connectivity index (χ2n) is 3.51. The van der Waals surface area contributed by atoms with Gasteiger partial charge in [-0.1, -0.05) is 0 Å². The maximum atomic E-state index is 11.4. The van der Waals surface area contributed by atoms with E-state index in [1.807, 2.05) is 0 Å². The van der Waals surface area contributed by atoms with Gasteiger partial charge in [0.15, 0.2) is 6.29 Å². The van der Waals surface area contributed by atoms with Gasteiger partial charge in [-0.2, -0.15) is 0 Å². The van der Waals surface area contributed by atoms with E-state index in [0.717, 1.165) is 5.56 Å². The molecule has 2 N–H and O–H groups in total. The first kappa shape index (κ1) is 13.5. The minimum absolute atomic E-state index is 0.384. The summed E-state index contributed by atoms with van der Waals surface area (Å²) in [4.78, 5) is 11.4. The molecule has 1 aromatic rings. The first-order valence-electron chi connectivity index (χ1n) is 5.14. The molecule has 0 aliphatic carbocycles. The molecule has 0 saturated carbocycles. The number of hydrogen-bond acceptors (Lipinski definition) is 5. The summed E-state index contributed by atoms with van der Waals surface area (Å²) in [5.74, 6) is -0.391. The summed E-state index contributed by atoms with van der Waals surface area (Å²) < 4.78 is 14.8. The van der Waals surface area contributed by atoms with Gasteiger partial charge in [0.25, 0.3) is 0 Å². The summed E-state index contributed by atoms with van der Waals surface area (Å²) in [5, 5.41) is 0. The van der Waals surface area contributed by atoms with E-state index >= 15 is 0 Å². The van der Waals surface area contributed by atoms with Crippen LogP contribution in [0.4, 0.5) is 5.69 Å².